The standard InChI is InChI=1S/C13H22N2S/c1-10-6-7-14-8-12(10)15-11(2)9-16-13(3,4)5/h6-8,11,15H,9H2,1-5H3. The van der Waals surface area contributed by atoms with E-state index in [2.05, 4.69) is 44.9 Å². The van der Waals surface area contributed by atoms with Crippen molar-refractivity contribution in [1.29, 1.82) is 0 Å². The minimum Gasteiger partial charge on any atom is -0.380 e. The average Bonchev–Trinajstić information content (AvgIpc) is 2.18. The van der Waals surface area contributed by atoms with Crippen LogP contribution in [0.25, 0.3) is 0 Å². The molecule has 0 fully saturated rings. The lowest BCUT2D eigenvalue weighted by molar-refractivity contribution is 0.793. The molecule has 0 bridgehead atoms. The number of nitrogens with one attached hydrogen (secondary N) is 1. The number of pyridine rings is 1. The highest BCUT2D eigenvalue weighted by Gasteiger charge is 2.13. The van der Waals surface area contributed by atoms with Crippen molar-refractivity contribution in [3.05, 3.63) is 24.0 Å². The van der Waals surface area contributed by atoms with Crippen molar-refractivity contribution in [2.24, 2.45) is 0 Å². The largest absolute Gasteiger partial charge is 0.380 e. The first-order chi connectivity index (χ1) is 7.38. The Morgan fingerprint density at radius 3 is 2.69 bits per heavy atom. The van der Waals surface area contributed by atoms with Crippen molar-refractivity contribution in [3.63, 3.8) is 0 Å². The summed E-state index contributed by atoms with van der Waals surface area (Å²) in [6.07, 6.45) is 3.72. The molecule has 1 aromatic heterocycles. The summed E-state index contributed by atoms with van der Waals surface area (Å²) in [5.74, 6) is 1.11. The Morgan fingerprint density at radius 2 is 2.12 bits per heavy atom. The molecule has 2 nitrogen and oxygen atoms in total. The molecule has 90 valence electrons. The summed E-state index contributed by atoms with van der Waals surface area (Å²) in [6.45, 7) is 11.1. The molecule has 1 aromatic rings. The molecule has 0 aliphatic rings. The summed E-state index contributed by atoms with van der Waals surface area (Å²) in [7, 11) is 0. The maximum atomic E-state index is 4.14. The Hall–Kier alpha value is -0.700. The van der Waals surface area contributed by atoms with Gasteiger partial charge in [-0.3, -0.25) is 4.98 Å². The second kappa shape index (κ2) is 5.58. The van der Waals surface area contributed by atoms with Crippen LogP contribution in [0.5, 0.6) is 0 Å². The Labute approximate surface area is 103 Å². The zero-order chi connectivity index (χ0) is 12.2. The van der Waals surface area contributed by atoms with Gasteiger partial charge in [0.2, 0.25) is 0 Å². The number of aromatic nitrogens is 1. The second-order valence-electron chi connectivity index (χ2n) is 5.16. The summed E-state index contributed by atoms with van der Waals surface area (Å²) in [4.78, 5) is 4.14. The van der Waals surface area contributed by atoms with E-state index in [0.717, 1.165) is 11.4 Å². The van der Waals surface area contributed by atoms with E-state index < -0.39 is 0 Å². The predicted molar refractivity (Wildman–Crippen MR) is 74.3 cm³/mol. The van der Waals surface area contributed by atoms with Gasteiger partial charge in [-0.25, -0.2) is 0 Å². The van der Waals surface area contributed by atoms with Crippen LogP contribution in [-0.2, 0) is 0 Å². The van der Waals surface area contributed by atoms with Crippen LogP contribution < -0.4 is 5.32 Å². The lowest BCUT2D eigenvalue weighted by atomic mass is 10.2. The van der Waals surface area contributed by atoms with Crippen molar-refractivity contribution in [1.82, 2.24) is 4.98 Å². The number of nitrogens with zero attached hydrogens (tertiary/aromatic N) is 1. The predicted octanol–water partition coefficient (Wildman–Crippen LogP) is 3.72. The fraction of sp³-hybridized carbons (Fsp3) is 0.615. The molecule has 1 unspecified atom stereocenters. The van der Waals surface area contributed by atoms with E-state index in [1.54, 1.807) is 0 Å². The highest BCUT2D eigenvalue weighted by Crippen LogP contribution is 2.24. The molecule has 0 amide bonds. The Balaban J connectivity index is 2.46. The number of thioether (sulfide) groups is 1. The van der Waals surface area contributed by atoms with Crippen molar-refractivity contribution in [2.75, 3.05) is 11.1 Å². The molecule has 0 aliphatic carbocycles. The van der Waals surface area contributed by atoms with Crippen LogP contribution in [0.15, 0.2) is 18.5 Å². The van der Waals surface area contributed by atoms with Crippen molar-refractivity contribution >= 4 is 17.4 Å². The van der Waals surface area contributed by atoms with Crippen LogP contribution in [0.4, 0.5) is 5.69 Å². The van der Waals surface area contributed by atoms with E-state index in [9.17, 15) is 0 Å². The minimum absolute atomic E-state index is 0.333. The smallest absolute Gasteiger partial charge is 0.0558 e. The molecule has 3 heteroatoms. The number of hydrogen-bond acceptors (Lipinski definition) is 3. The van der Waals surface area contributed by atoms with E-state index in [1.807, 2.05) is 30.2 Å². The molecule has 1 heterocycles. The van der Waals surface area contributed by atoms with E-state index in [1.165, 1.54) is 5.56 Å². The van der Waals surface area contributed by atoms with E-state index in [-0.39, 0.29) is 0 Å². The van der Waals surface area contributed by atoms with Gasteiger partial charge < -0.3 is 5.32 Å². The first-order valence-corrected chi connectivity index (χ1v) is 6.68. The Bertz CT molecular complexity index is 331. The normalized spacial score (nSPS) is 13.6. The van der Waals surface area contributed by atoms with Crippen LogP contribution in [0.1, 0.15) is 33.3 Å². The SMILES string of the molecule is Cc1ccncc1NC(C)CSC(C)(C)C. The molecule has 0 aromatic carbocycles. The monoisotopic (exact) mass is 238 g/mol. The van der Waals surface area contributed by atoms with Gasteiger partial charge in [0.15, 0.2) is 0 Å². The molecule has 0 saturated heterocycles. The first-order valence-electron chi connectivity index (χ1n) is 5.69. The highest BCUT2D eigenvalue weighted by atomic mass is 32.2. The van der Waals surface area contributed by atoms with Gasteiger partial charge in [0.1, 0.15) is 0 Å². The van der Waals surface area contributed by atoms with Gasteiger partial charge in [0, 0.05) is 22.7 Å². The van der Waals surface area contributed by atoms with Gasteiger partial charge in [-0.05, 0) is 25.5 Å². The first kappa shape index (κ1) is 13.4. The number of aryl methyl sites for hydroxylation is 1. The fourth-order valence-corrected chi connectivity index (χ4v) is 2.13. The van der Waals surface area contributed by atoms with Crippen LogP contribution in [0.3, 0.4) is 0 Å². The molecule has 1 atom stereocenters. The van der Waals surface area contributed by atoms with Gasteiger partial charge in [0.05, 0.1) is 11.9 Å². The number of hydrogen-bond donors (Lipinski definition) is 1. The van der Waals surface area contributed by atoms with Gasteiger partial charge in [0.25, 0.3) is 0 Å². The average molecular weight is 238 g/mol. The third-order valence-electron chi connectivity index (χ3n) is 2.21. The minimum atomic E-state index is 0.333. The van der Waals surface area contributed by atoms with Crippen LogP contribution in [-0.4, -0.2) is 21.5 Å². The number of anilines is 1. The zero-order valence-electron chi connectivity index (χ0n) is 10.9. The summed E-state index contributed by atoms with van der Waals surface area (Å²) in [6, 6.07) is 2.50. The topological polar surface area (TPSA) is 24.9 Å². The maximum absolute atomic E-state index is 4.14. The molecular formula is C13H22N2S. The Kier molecular flexibility index (Phi) is 4.66. The maximum Gasteiger partial charge on any atom is 0.0558 e. The van der Waals surface area contributed by atoms with Gasteiger partial charge in [-0.2, -0.15) is 11.8 Å². The summed E-state index contributed by atoms with van der Waals surface area (Å²) < 4.78 is 0.333. The summed E-state index contributed by atoms with van der Waals surface area (Å²) in [5, 5.41) is 3.50. The van der Waals surface area contributed by atoms with Gasteiger partial charge in [-0.1, -0.05) is 20.8 Å². The second-order valence-corrected chi connectivity index (χ2v) is 7.01. The highest BCUT2D eigenvalue weighted by molar-refractivity contribution is 8.00. The third kappa shape index (κ3) is 4.88. The molecule has 0 saturated carbocycles. The van der Waals surface area contributed by atoms with Crippen molar-refractivity contribution in [3.8, 4) is 0 Å². The quantitative estimate of drug-likeness (QED) is 0.865. The summed E-state index contributed by atoms with van der Waals surface area (Å²) in [5.41, 5.74) is 2.40. The lowest BCUT2D eigenvalue weighted by Gasteiger charge is -2.22. The molecule has 0 radical (unpaired) electrons. The lowest BCUT2D eigenvalue weighted by Crippen LogP contribution is -2.22. The summed E-state index contributed by atoms with van der Waals surface area (Å²) >= 11 is 1.98. The van der Waals surface area contributed by atoms with E-state index >= 15 is 0 Å². The van der Waals surface area contributed by atoms with E-state index in [4.69, 9.17) is 0 Å². The fourth-order valence-electron chi connectivity index (χ4n) is 1.30. The molecule has 16 heavy (non-hydrogen) atoms. The molecule has 0 aliphatic heterocycles. The molecular weight excluding hydrogens is 216 g/mol. The zero-order valence-corrected chi connectivity index (χ0v) is 11.7. The van der Waals surface area contributed by atoms with Crippen LogP contribution in [0.2, 0.25) is 0 Å². The molecule has 0 spiro atoms. The number of rotatable bonds is 4. The third-order valence-corrected chi connectivity index (χ3v) is 3.74. The van der Waals surface area contributed by atoms with Gasteiger partial charge in [-0.15, -0.1) is 0 Å². The van der Waals surface area contributed by atoms with Crippen LogP contribution >= 0.6 is 11.8 Å². The Morgan fingerprint density at radius 1 is 1.44 bits per heavy atom. The van der Waals surface area contributed by atoms with Crippen LogP contribution in [0, 0.1) is 6.92 Å². The van der Waals surface area contributed by atoms with E-state index in [0.29, 0.717) is 10.8 Å². The van der Waals surface area contributed by atoms with Crippen molar-refractivity contribution in [2.45, 2.75) is 45.4 Å². The van der Waals surface area contributed by atoms with Gasteiger partial charge >= 0.3 is 0 Å². The van der Waals surface area contributed by atoms with Crippen molar-refractivity contribution < 1.29 is 0 Å². The molecule has 1 rings (SSSR count). The molecule has 1 N–H and O–H groups in total.